The smallest absolute Gasteiger partial charge is 0.219 e. The summed E-state index contributed by atoms with van der Waals surface area (Å²) >= 11 is 5.91. The van der Waals surface area contributed by atoms with E-state index in [4.69, 9.17) is 16.3 Å². The van der Waals surface area contributed by atoms with E-state index in [9.17, 15) is 0 Å². The Labute approximate surface area is 100 Å². The quantitative estimate of drug-likeness (QED) is 0.764. The van der Waals surface area contributed by atoms with Crippen LogP contribution < -0.4 is 10.1 Å². The molecule has 2 aliphatic rings. The molecule has 1 aliphatic carbocycles. The van der Waals surface area contributed by atoms with Gasteiger partial charge in [-0.05, 0) is 37.8 Å². The second-order valence-corrected chi connectivity index (χ2v) is 5.04. The van der Waals surface area contributed by atoms with E-state index in [1.165, 1.54) is 12.8 Å². The van der Waals surface area contributed by atoms with Crippen LogP contribution in [0.5, 0.6) is 5.88 Å². The summed E-state index contributed by atoms with van der Waals surface area (Å²) < 4.78 is 5.97. The molecule has 1 saturated carbocycles. The maximum absolute atomic E-state index is 5.97. The summed E-state index contributed by atoms with van der Waals surface area (Å²) in [6.45, 7) is 3.03. The number of hydrogen-bond donors (Lipinski definition) is 1. The van der Waals surface area contributed by atoms with Crippen molar-refractivity contribution in [3.05, 3.63) is 22.8 Å². The predicted molar refractivity (Wildman–Crippen MR) is 62.8 cm³/mol. The average molecular weight is 239 g/mol. The van der Waals surface area contributed by atoms with Crippen LogP contribution in [0.3, 0.4) is 0 Å². The molecule has 0 aromatic carbocycles. The number of hydrogen-bond acceptors (Lipinski definition) is 3. The van der Waals surface area contributed by atoms with E-state index < -0.39 is 0 Å². The van der Waals surface area contributed by atoms with Crippen molar-refractivity contribution in [1.29, 1.82) is 0 Å². The highest BCUT2D eigenvalue weighted by atomic mass is 35.5. The maximum Gasteiger partial charge on any atom is 0.219 e. The molecule has 1 aliphatic heterocycles. The van der Waals surface area contributed by atoms with Crippen molar-refractivity contribution in [3.8, 4) is 5.88 Å². The van der Waals surface area contributed by atoms with Crippen LogP contribution in [0.4, 0.5) is 0 Å². The largest absolute Gasteiger partial charge is 0.472 e. The first-order valence-corrected chi connectivity index (χ1v) is 6.18. The first kappa shape index (κ1) is 10.4. The lowest BCUT2D eigenvalue weighted by Gasteiger charge is -2.15. The third-order valence-electron chi connectivity index (χ3n) is 3.36. The van der Waals surface area contributed by atoms with Crippen LogP contribution in [0.25, 0.3) is 0 Å². The van der Waals surface area contributed by atoms with E-state index in [0.29, 0.717) is 17.0 Å². The van der Waals surface area contributed by atoms with Crippen LogP contribution in [-0.4, -0.2) is 17.6 Å². The van der Waals surface area contributed by atoms with E-state index in [1.807, 2.05) is 12.1 Å². The normalized spacial score (nSPS) is 29.1. The molecule has 1 fully saturated rings. The first-order chi connectivity index (χ1) is 7.74. The number of nitrogens with one attached hydrogen (secondary N) is 1. The molecule has 0 radical (unpaired) electrons. The van der Waals surface area contributed by atoms with Gasteiger partial charge in [-0.3, -0.25) is 0 Å². The van der Waals surface area contributed by atoms with Crippen molar-refractivity contribution >= 4 is 11.6 Å². The average Bonchev–Trinajstić information content (AvgIpc) is 3.06. The van der Waals surface area contributed by atoms with Crippen LogP contribution in [0.1, 0.15) is 31.4 Å². The van der Waals surface area contributed by atoms with Crippen LogP contribution >= 0.6 is 11.6 Å². The Kier molecular flexibility index (Phi) is 2.52. The molecule has 2 heterocycles. The molecule has 0 spiro atoms. The number of nitrogens with zero attached hydrogens (tertiary/aromatic N) is 1. The van der Waals surface area contributed by atoms with Crippen LogP contribution in [0, 0.1) is 5.92 Å². The van der Waals surface area contributed by atoms with Crippen LogP contribution in [0.2, 0.25) is 5.15 Å². The van der Waals surface area contributed by atoms with Crippen molar-refractivity contribution in [2.24, 2.45) is 5.92 Å². The number of pyridine rings is 1. The lowest BCUT2D eigenvalue weighted by Crippen LogP contribution is -2.31. The predicted octanol–water partition coefficient (Wildman–Crippen LogP) is 2.56. The zero-order chi connectivity index (χ0) is 11.1. The summed E-state index contributed by atoms with van der Waals surface area (Å²) in [6, 6.07) is 4.10. The number of aromatic nitrogens is 1. The Morgan fingerprint density at radius 1 is 1.44 bits per heavy atom. The minimum atomic E-state index is 0.259. The molecule has 1 aromatic heterocycles. The summed E-state index contributed by atoms with van der Waals surface area (Å²) in [5.41, 5.74) is 1.10. The van der Waals surface area contributed by atoms with E-state index in [-0.39, 0.29) is 12.1 Å². The van der Waals surface area contributed by atoms with E-state index in [0.717, 1.165) is 12.1 Å². The minimum absolute atomic E-state index is 0.259. The molecule has 1 aromatic rings. The zero-order valence-corrected chi connectivity index (χ0v) is 10.00. The molecule has 3 nitrogen and oxygen atoms in total. The number of fused-ring (bicyclic) bond motifs is 1. The molecule has 2 unspecified atom stereocenters. The van der Waals surface area contributed by atoms with E-state index in [1.54, 1.807) is 0 Å². The molecule has 86 valence electrons. The second-order valence-electron chi connectivity index (χ2n) is 4.65. The summed E-state index contributed by atoms with van der Waals surface area (Å²) in [4.78, 5) is 4.29. The highest BCUT2D eigenvalue weighted by Crippen LogP contribution is 2.37. The molecule has 0 saturated heterocycles. The van der Waals surface area contributed by atoms with Gasteiger partial charge in [0, 0.05) is 18.2 Å². The molecule has 4 heteroatoms. The van der Waals surface area contributed by atoms with Gasteiger partial charge in [-0.25, -0.2) is 4.98 Å². The zero-order valence-electron chi connectivity index (χ0n) is 9.24. The first-order valence-electron chi connectivity index (χ1n) is 5.80. The monoisotopic (exact) mass is 238 g/mol. The Bertz CT molecular complexity index is 406. The third-order valence-corrected chi connectivity index (χ3v) is 3.57. The summed E-state index contributed by atoms with van der Waals surface area (Å²) in [5, 5.41) is 3.99. The van der Waals surface area contributed by atoms with Gasteiger partial charge < -0.3 is 10.1 Å². The van der Waals surface area contributed by atoms with Crippen LogP contribution in [0.15, 0.2) is 12.1 Å². The highest BCUT2D eigenvalue weighted by Gasteiger charge is 2.35. The fraction of sp³-hybridized carbons (Fsp3) is 0.583. The van der Waals surface area contributed by atoms with E-state index >= 15 is 0 Å². The Morgan fingerprint density at radius 3 is 3.00 bits per heavy atom. The number of rotatable bonds is 1. The molecule has 0 amide bonds. The van der Waals surface area contributed by atoms with Gasteiger partial charge in [0.25, 0.3) is 0 Å². The van der Waals surface area contributed by atoms with Gasteiger partial charge in [0.15, 0.2) is 0 Å². The highest BCUT2D eigenvalue weighted by molar-refractivity contribution is 6.29. The third kappa shape index (κ3) is 1.89. The van der Waals surface area contributed by atoms with Crippen molar-refractivity contribution in [2.75, 3.05) is 6.54 Å². The fourth-order valence-electron chi connectivity index (χ4n) is 2.17. The molecular weight excluding hydrogens is 224 g/mol. The Hall–Kier alpha value is -0.800. The molecule has 1 N–H and O–H groups in total. The topological polar surface area (TPSA) is 34.1 Å². The van der Waals surface area contributed by atoms with E-state index in [2.05, 4.69) is 17.2 Å². The molecule has 0 bridgehead atoms. The van der Waals surface area contributed by atoms with Crippen molar-refractivity contribution in [1.82, 2.24) is 10.3 Å². The van der Waals surface area contributed by atoms with Gasteiger partial charge in [0.2, 0.25) is 5.88 Å². The molecule has 2 atom stereocenters. The maximum atomic E-state index is 5.97. The van der Waals surface area contributed by atoms with Crippen molar-refractivity contribution < 1.29 is 4.74 Å². The number of ether oxygens (including phenoxy) is 1. The van der Waals surface area contributed by atoms with Gasteiger partial charge in [0.05, 0.1) is 0 Å². The summed E-state index contributed by atoms with van der Waals surface area (Å²) in [7, 11) is 0. The standard InChI is InChI=1S/C12H15ClN2O/c1-7-9-4-5-11(13)15-12(9)16-10(6-14-7)8-2-3-8/h4-5,7-8,10,14H,2-3,6H2,1H3. The lowest BCUT2D eigenvalue weighted by molar-refractivity contribution is 0.175. The lowest BCUT2D eigenvalue weighted by atomic mass is 10.1. The molecule has 3 rings (SSSR count). The van der Waals surface area contributed by atoms with Gasteiger partial charge in [-0.1, -0.05) is 11.6 Å². The van der Waals surface area contributed by atoms with Gasteiger partial charge in [-0.2, -0.15) is 0 Å². The van der Waals surface area contributed by atoms with Crippen molar-refractivity contribution in [2.45, 2.75) is 31.9 Å². The second kappa shape index (κ2) is 3.90. The van der Waals surface area contributed by atoms with Gasteiger partial charge in [-0.15, -0.1) is 0 Å². The van der Waals surface area contributed by atoms with Crippen molar-refractivity contribution in [3.63, 3.8) is 0 Å². The Morgan fingerprint density at radius 2 is 2.25 bits per heavy atom. The van der Waals surface area contributed by atoms with Gasteiger partial charge >= 0.3 is 0 Å². The summed E-state index contributed by atoms with van der Waals surface area (Å²) in [6.07, 6.45) is 2.81. The minimum Gasteiger partial charge on any atom is -0.472 e. The summed E-state index contributed by atoms with van der Waals surface area (Å²) in [5.74, 6) is 1.41. The SMILES string of the molecule is CC1NCC(C2CC2)Oc2nc(Cl)ccc21. The Balaban J connectivity index is 1.94. The number of halogens is 1. The molecular formula is C12H15ClN2O. The van der Waals surface area contributed by atoms with Gasteiger partial charge in [0.1, 0.15) is 11.3 Å². The van der Waals surface area contributed by atoms with Crippen LogP contribution in [-0.2, 0) is 0 Å². The fourth-order valence-corrected chi connectivity index (χ4v) is 2.31. The molecule has 16 heavy (non-hydrogen) atoms.